The Labute approximate surface area is 421 Å². The fourth-order valence-electron chi connectivity index (χ4n) is 12.5. The number of nitro benzene ring substituents is 1. The quantitative estimate of drug-likeness (QED) is 0.0747. The number of nitrogens with zero attached hydrogens (tertiary/aromatic N) is 4. The summed E-state index contributed by atoms with van der Waals surface area (Å²) in [6.07, 6.45) is 13.0. The molecular weight excluding hydrogens is 935 g/mol. The van der Waals surface area contributed by atoms with E-state index in [0.29, 0.717) is 43.3 Å². The number of ether oxygens (including phenoxy) is 4. The highest BCUT2D eigenvalue weighted by molar-refractivity contribution is 7.90. The van der Waals surface area contributed by atoms with Crippen LogP contribution in [0.5, 0.6) is 23.1 Å². The summed E-state index contributed by atoms with van der Waals surface area (Å²) in [4.78, 5) is 38.8. The van der Waals surface area contributed by atoms with Crippen molar-refractivity contribution >= 4 is 44.0 Å². The molecule has 72 heavy (non-hydrogen) atoms. The Morgan fingerprint density at radius 3 is 2.49 bits per heavy atom. The summed E-state index contributed by atoms with van der Waals surface area (Å²) in [5.74, 6) is 0.329. The third-order valence-corrected chi connectivity index (χ3v) is 18.1. The van der Waals surface area contributed by atoms with Crippen molar-refractivity contribution in [1.29, 1.82) is 0 Å². The summed E-state index contributed by atoms with van der Waals surface area (Å²) in [6, 6.07) is 20.9. The lowest BCUT2D eigenvalue weighted by Gasteiger charge is -2.56. The Morgan fingerprint density at radius 2 is 1.74 bits per heavy atom. The maximum atomic E-state index is 14.4. The molecule has 382 valence electrons. The summed E-state index contributed by atoms with van der Waals surface area (Å²) in [6.45, 7) is 13.0. The van der Waals surface area contributed by atoms with Crippen molar-refractivity contribution < 1.29 is 37.1 Å². The van der Waals surface area contributed by atoms with Crippen molar-refractivity contribution in [2.24, 2.45) is 16.7 Å². The maximum absolute atomic E-state index is 14.4. The number of sulfonamides is 1. The number of carbonyl (C=O) groups is 1. The number of nitrogens with one attached hydrogen (secondary N) is 3. The zero-order chi connectivity index (χ0) is 49.9. The van der Waals surface area contributed by atoms with Gasteiger partial charge in [0.2, 0.25) is 0 Å². The molecule has 0 unspecified atom stereocenters. The molecule has 0 bridgehead atoms. The van der Waals surface area contributed by atoms with Crippen molar-refractivity contribution in [3.63, 3.8) is 0 Å². The molecule has 3 atom stereocenters. The van der Waals surface area contributed by atoms with Crippen molar-refractivity contribution in [3.05, 3.63) is 99.7 Å². The summed E-state index contributed by atoms with van der Waals surface area (Å²) >= 11 is 0. The number of rotatable bonds is 13. The Hall–Kier alpha value is -5.91. The van der Waals surface area contributed by atoms with Crippen molar-refractivity contribution in [2.75, 3.05) is 49.7 Å². The number of hydrogen-bond acceptors (Lipinski definition) is 13. The van der Waals surface area contributed by atoms with Crippen molar-refractivity contribution in [3.8, 4) is 23.1 Å². The van der Waals surface area contributed by atoms with E-state index >= 15 is 0 Å². The molecule has 2 aromatic heterocycles. The fourth-order valence-corrected chi connectivity index (χ4v) is 13.5. The van der Waals surface area contributed by atoms with Gasteiger partial charge in [0.25, 0.3) is 27.5 Å². The van der Waals surface area contributed by atoms with E-state index in [1.807, 2.05) is 12.1 Å². The smallest absolute Gasteiger partial charge is 0.297 e. The molecule has 5 fully saturated rings. The maximum Gasteiger partial charge on any atom is 0.297 e. The topological polar surface area (TPSA) is 190 Å². The summed E-state index contributed by atoms with van der Waals surface area (Å²) in [5.41, 5.74) is 4.50. The highest BCUT2D eigenvalue weighted by atomic mass is 32.2. The van der Waals surface area contributed by atoms with Gasteiger partial charge in [-0.25, -0.2) is 13.1 Å². The van der Waals surface area contributed by atoms with E-state index in [4.69, 9.17) is 23.9 Å². The summed E-state index contributed by atoms with van der Waals surface area (Å²) in [7, 11) is -4.69. The molecule has 5 aromatic rings. The van der Waals surface area contributed by atoms with E-state index in [-0.39, 0.29) is 69.9 Å². The first-order valence-electron chi connectivity index (χ1n) is 26.0. The first-order chi connectivity index (χ1) is 34.6. The van der Waals surface area contributed by atoms with Crippen LogP contribution in [-0.4, -0.2) is 91.8 Å². The number of aromatic amines is 1. The van der Waals surface area contributed by atoms with E-state index in [9.17, 15) is 23.3 Å². The number of hydrogen-bond donors (Lipinski definition) is 3. The molecule has 6 aliphatic rings. The molecule has 1 amide bonds. The molecule has 3 N–H and O–H groups in total. The molecule has 4 aliphatic heterocycles. The number of H-pyrrole nitrogens is 1. The standard InChI is InChI=1S/C55H67N7O9S/c1-34(2)41-8-5-6-9-42(41)45-10-7-22-61(45)38-30-55(31-38)19-23-60(24-20-55)37-11-12-43(47(27-37)71-49-26-36-15-21-56-51(36)58-53(49)70-39-16-25-68-32-39)52(63)59-72(66,67)40-28-46(62(64)65)50-48(29-40)69-33-44(57-50)35-13-17-54(3,4)18-14-35/h5-6,8-9,11-12,15,21,26-29,34-35,38-39,44-45,57H,7,10,13-14,16-20,22-25,30-33H2,1-4H3,(H,56,58)(H,59,63)/t39-,44+,45-/m0/s1. The van der Waals surface area contributed by atoms with Gasteiger partial charge in [0.1, 0.15) is 24.1 Å². The van der Waals surface area contributed by atoms with Gasteiger partial charge in [0.05, 0.1) is 34.6 Å². The average Bonchev–Trinajstić information content (AvgIpc) is 4.16. The van der Waals surface area contributed by atoms with Crippen LogP contribution in [0.2, 0.25) is 0 Å². The number of pyridine rings is 1. The average molecular weight is 1000 g/mol. The van der Waals surface area contributed by atoms with Gasteiger partial charge in [-0.05, 0) is 129 Å². The molecule has 17 heteroatoms. The number of fused-ring (bicyclic) bond motifs is 2. The van der Waals surface area contributed by atoms with E-state index < -0.39 is 31.4 Å². The van der Waals surface area contributed by atoms with Crippen molar-refractivity contribution in [1.82, 2.24) is 19.6 Å². The lowest BCUT2D eigenvalue weighted by molar-refractivity contribution is -0.384. The number of likely N-dealkylation sites (tertiary alicyclic amines) is 1. The SMILES string of the molecule is CC(C)c1ccccc1[C@@H]1CCCN1C1CC2(CCN(c3ccc(C(=O)NS(=O)(=O)c4cc5c(c([N+](=O)[O-])c4)N[C@@H](C4CCC(C)(C)CC4)CO5)c(Oc4cc5cc[nH]c5nc4O[C@H]4CCOC4)c3)CC2)C1. The van der Waals surface area contributed by atoms with Gasteiger partial charge in [0, 0.05) is 67.1 Å². The molecule has 11 rings (SSSR count). The first-order valence-corrected chi connectivity index (χ1v) is 27.5. The first kappa shape index (κ1) is 48.4. The Bertz CT molecular complexity index is 2960. The lowest BCUT2D eigenvalue weighted by atomic mass is 9.59. The van der Waals surface area contributed by atoms with Crippen molar-refractivity contribution in [2.45, 2.75) is 133 Å². The number of nitro groups is 1. The Morgan fingerprint density at radius 1 is 0.944 bits per heavy atom. The minimum Gasteiger partial charge on any atom is -0.489 e. The third-order valence-electron chi connectivity index (χ3n) is 16.8. The molecular formula is C55H67N7O9S. The van der Waals surface area contributed by atoms with Crippen LogP contribution in [0.4, 0.5) is 17.1 Å². The second kappa shape index (κ2) is 19.2. The van der Waals surface area contributed by atoms with Gasteiger partial charge in [-0.1, -0.05) is 52.0 Å². The number of carbonyl (C=O) groups excluding carboxylic acids is 1. The molecule has 1 spiro atoms. The molecule has 0 radical (unpaired) electrons. The minimum absolute atomic E-state index is 0.0408. The predicted octanol–water partition coefficient (Wildman–Crippen LogP) is 10.6. The molecule has 3 saturated heterocycles. The molecule has 6 heterocycles. The summed E-state index contributed by atoms with van der Waals surface area (Å²) < 4.78 is 55.3. The van der Waals surface area contributed by atoms with E-state index in [1.54, 1.807) is 24.4 Å². The van der Waals surface area contributed by atoms with Gasteiger partial charge in [0.15, 0.2) is 17.2 Å². The molecule has 2 aliphatic carbocycles. The zero-order valence-corrected chi connectivity index (χ0v) is 42.6. The lowest BCUT2D eigenvalue weighted by Crippen LogP contribution is -2.54. The predicted molar refractivity (Wildman–Crippen MR) is 275 cm³/mol. The Kier molecular flexibility index (Phi) is 12.9. The highest BCUT2D eigenvalue weighted by Crippen LogP contribution is 2.55. The molecule has 16 nitrogen and oxygen atoms in total. The van der Waals surface area contributed by atoms with Crippen LogP contribution in [0, 0.1) is 26.9 Å². The number of anilines is 2. The van der Waals surface area contributed by atoms with Gasteiger partial charge in [-0.3, -0.25) is 19.8 Å². The largest absolute Gasteiger partial charge is 0.489 e. The van der Waals surface area contributed by atoms with E-state index in [2.05, 4.69) is 76.8 Å². The number of piperidine rings is 1. The Balaban J connectivity index is 0.842. The second-order valence-corrected chi connectivity index (χ2v) is 24.1. The van der Waals surface area contributed by atoms with Gasteiger partial charge in [-0.15, -0.1) is 0 Å². The van der Waals surface area contributed by atoms with Crippen LogP contribution in [-0.2, 0) is 14.8 Å². The fraction of sp³-hybridized carbons (Fsp3) is 0.527. The summed E-state index contributed by atoms with van der Waals surface area (Å²) in [5, 5.41) is 16.6. The van der Waals surface area contributed by atoms with Crippen LogP contribution in [0.25, 0.3) is 11.0 Å². The number of benzene rings is 3. The number of aromatic nitrogens is 2. The van der Waals surface area contributed by atoms with Gasteiger partial charge < -0.3 is 34.1 Å². The van der Waals surface area contributed by atoms with Gasteiger partial charge in [-0.2, -0.15) is 4.98 Å². The molecule has 2 saturated carbocycles. The van der Waals surface area contributed by atoms with Gasteiger partial charge >= 0.3 is 0 Å². The minimum atomic E-state index is -4.69. The third kappa shape index (κ3) is 9.59. The number of amides is 1. The van der Waals surface area contributed by atoms with E-state index in [1.165, 1.54) is 42.9 Å². The van der Waals surface area contributed by atoms with Crippen LogP contribution in [0.1, 0.15) is 132 Å². The van der Waals surface area contributed by atoms with Crippen LogP contribution >= 0.6 is 0 Å². The highest BCUT2D eigenvalue weighted by Gasteiger charge is 2.50. The molecule has 3 aromatic carbocycles. The normalized spacial score (nSPS) is 23.3. The second-order valence-electron chi connectivity index (χ2n) is 22.4. The van der Waals surface area contributed by atoms with E-state index in [0.717, 1.165) is 75.3 Å². The van der Waals surface area contributed by atoms with Crippen LogP contribution in [0.3, 0.4) is 0 Å². The monoisotopic (exact) mass is 1000 g/mol. The zero-order valence-electron chi connectivity index (χ0n) is 41.8. The van der Waals surface area contributed by atoms with Crippen LogP contribution < -0.4 is 29.1 Å². The van der Waals surface area contributed by atoms with Crippen LogP contribution in [0.15, 0.2) is 77.8 Å².